The molecule has 3 heteroatoms. The Morgan fingerprint density at radius 3 is 2.89 bits per heavy atom. The van der Waals surface area contributed by atoms with Crippen LogP contribution < -0.4 is 4.74 Å². The van der Waals surface area contributed by atoms with Crippen LogP contribution in [-0.4, -0.2) is 22.0 Å². The first-order valence-electron chi connectivity index (χ1n) is 6.73. The zero-order chi connectivity index (χ0) is 13.3. The number of hydrogen-bond donors (Lipinski definition) is 1. The van der Waals surface area contributed by atoms with E-state index in [1.807, 2.05) is 12.3 Å². The third kappa shape index (κ3) is 2.82. The Bertz CT molecular complexity index is 546. The maximum absolute atomic E-state index is 6.14. The molecule has 0 amide bonds. The quantitative estimate of drug-likeness (QED) is 0.893. The normalized spacial score (nSPS) is 18.4. The van der Waals surface area contributed by atoms with Crippen LogP contribution in [0.15, 0.2) is 42.7 Å². The van der Waals surface area contributed by atoms with Gasteiger partial charge < -0.3 is 9.72 Å². The second-order valence-corrected chi connectivity index (χ2v) is 5.83. The number of benzene rings is 1. The van der Waals surface area contributed by atoms with Gasteiger partial charge >= 0.3 is 0 Å². The monoisotopic (exact) mass is 256 g/mol. The zero-order valence-electron chi connectivity index (χ0n) is 11.5. The fraction of sp³-hybridized carbons (Fsp3) is 0.375. The first-order chi connectivity index (χ1) is 9.12. The molecule has 0 spiro atoms. The molecule has 0 aliphatic carbocycles. The minimum atomic E-state index is -0.164. The van der Waals surface area contributed by atoms with Crippen molar-refractivity contribution in [3.8, 4) is 5.75 Å². The predicted molar refractivity (Wildman–Crippen MR) is 76.1 cm³/mol. The lowest BCUT2D eigenvalue weighted by Crippen LogP contribution is -2.40. The summed E-state index contributed by atoms with van der Waals surface area (Å²) in [5.41, 5.74) is 2.42. The molecule has 19 heavy (non-hydrogen) atoms. The van der Waals surface area contributed by atoms with Crippen molar-refractivity contribution in [1.29, 1.82) is 0 Å². The Labute approximate surface area is 114 Å². The highest BCUT2D eigenvalue weighted by molar-refractivity contribution is 5.34. The van der Waals surface area contributed by atoms with Crippen LogP contribution in [0.5, 0.6) is 5.75 Å². The number of H-pyrrole nitrogens is 1. The maximum Gasteiger partial charge on any atom is 0.124 e. The van der Waals surface area contributed by atoms with Gasteiger partial charge in [0.05, 0.1) is 0 Å². The van der Waals surface area contributed by atoms with Gasteiger partial charge in [0.1, 0.15) is 11.4 Å². The first kappa shape index (κ1) is 12.3. The Hall–Kier alpha value is -1.74. The van der Waals surface area contributed by atoms with Crippen molar-refractivity contribution in [3.05, 3.63) is 53.9 Å². The van der Waals surface area contributed by atoms with Crippen LogP contribution in [0.25, 0.3) is 0 Å². The second-order valence-electron chi connectivity index (χ2n) is 5.83. The summed E-state index contributed by atoms with van der Waals surface area (Å²) < 4.78 is 6.14. The van der Waals surface area contributed by atoms with E-state index in [-0.39, 0.29) is 5.60 Å². The van der Waals surface area contributed by atoms with Crippen molar-refractivity contribution in [3.63, 3.8) is 0 Å². The lowest BCUT2D eigenvalue weighted by atomic mass is 10.1. The van der Waals surface area contributed by atoms with Gasteiger partial charge in [0.2, 0.25) is 0 Å². The highest BCUT2D eigenvalue weighted by atomic mass is 16.5. The average molecular weight is 256 g/mol. The Morgan fingerprint density at radius 1 is 1.26 bits per heavy atom. The molecule has 0 fully saturated rings. The van der Waals surface area contributed by atoms with Crippen LogP contribution in [0.3, 0.4) is 0 Å². The Balaban J connectivity index is 1.86. The minimum absolute atomic E-state index is 0.164. The van der Waals surface area contributed by atoms with Gasteiger partial charge in [0.25, 0.3) is 0 Å². The minimum Gasteiger partial charge on any atom is -0.486 e. The molecule has 0 bridgehead atoms. The van der Waals surface area contributed by atoms with E-state index in [4.69, 9.17) is 4.74 Å². The lowest BCUT2D eigenvalue weighted by molar-refractivity contribution is 0.0683. The molecular formula is C16H20N2O. The summed E-state index contributed by atoms with van der Waals surface area (Å²) in [5.74, 6) is 1.02. The number of nitrogens with zero attached hydrogens (tertiary/aromatic N) is 1. The summed E-state index contributed by atoms with van der Waals surface area (Å²) in [6.07, 6.45) is 4.04. The number of hydrogen-bond acceptors (Lipinski definition) is 2. The molecule has 1 N–H and O–H groups in total. The van der Waals surface area contributed by atoms with E-state index in [0.29, 0.717) is 0 Å². The largest absolute Gasteiger partial charge is 0.486 e. The summed E-state index contributed by atoms with van der Waals surface area (Å²) in [6.45, 7) is 7.11. The zero-order valence-corrected chi connectivity index (χ0v) is 11.5. The Kier molecular flexibility index (Phi) is 3.07. The summed E-state index contributed by atoms with van der Waals surface area (Å²) >= 11 is 0. The molecular weight excluding hydrogens is 236 g/mol. The number of aromatic amines is 1. The van der Waals surface area contributed by atoms with Crippen molar-refractivity contribution in [2.45, 2.75) is 32.5 Å². The molecule has 0 unspecified atom stereocenters. The smallest absolute Gasteiger partial charge is 0.124 e. The third-order valence-corrected chi connectivity index (χ3v) is 3.43. The molecule has 0 saturated carbocycles. The summed E-state index contributed by atoms with van der Waals surface area (Å²) in [7, 11) is 0. The molecule has 1 aromatic carbocycles. The number of rotatable bonds is 2. The van der Waals surface area contributed by atoms with Crippen LogP contribution in [0.4, 0.5) is 0 Å². The van der Waals surface area contributed by atoms with E-state index >= 15 is 0 Å². The molecule has 3 rings (SSSR count). The molecule has 0 radical (unpaired) electrons. The molecule has 2 aromatic rings. The number of fused-ring (bicyclic) bond motifs is 1. The highest BCUT2D eigenvalue weighted by Gasteiger charge is 2.28. The number of para-hydroxylation sites is 1. The number of nitrogens with one attached hydrogen (secondary N) is 1. The molecule has 100 valence electrons. The Morgan fingerprint density at radius 2 is 2.11 bits per heavy atom. The molecule has 0 saturated heterocycles. The lowest BCUT2D eigenvalue weighted by Gasteiger charge is -2.29. The first-order valence-corrected chi connectivity index (χ1v) is 6.73. The van der Waals surface area contributed by atoms with E-state index in [9.17, 15) is 0 Å². The maximum atomic E-state index is 6.14. The van der Waals surface area contributed by atoms with E-state index in [0.717, 1.165) is 25.4 Å². The van der Waals surface area contributed by atoms with E-state index in [2.05, 4.69) is 54.2 Å². The second kappa shape index (κ2) is 4.74. The molecule has 1 aliphatic rings. The highest BCUT2D eigenvalue weighted by Crippen LogP contribution is 2.29. The van der Waals surface area contributed by atoms with Gasteiger partial charge in [0.15, 0.2) is 0 Å². The molecule has 3 nitrogen and oxygen atoms in total. The van der Waals surface area contributed by atoms with Crippen LogP contribution in [0.2, 0.25) is 0 Å². The van der Waals surface area contributed by atoms with Crippen molar-refractivity contribution < 1.29 is 4.74 Å². The summed E-state index contributed by atoms with van der Waals surface area (Å²) in [4.78, 5) is 5.56. The number of ether oxygens (including phenoxy) is 1. The van der Waals surface area contributed by atoms with Crippen LogP contribution in [0.1, 0.15) is 25.0 Å². The van der Waals surface area contributed by atoms with Gasteiger partial charge in [0, 0.05) is 37.6 Å². The van der Waals surface area contributed by atoms with Gasteiger partial charge in [-0.25, -0.2) is 0 Å². The standard InChI is InChI=1S/C16H20N2O/c1-16(2)12-18(10-13-7-8-17-9-13)11-14-5-3-4-6-15(14)19-16/h3-9,17H,10-12H2,1-2H3. The van der Waals surface area contributed by atoms with Crippen LogP contribution in [0, 0.1) is 0 Å². The SMILES string of the molecule is CC1(C)CN(Cc2cc[nH]c2)Cc2ccccc2O1. The fourth-order valence-electron chi connectivity index (χ4n) is 2.73. The van der Waals surface area contributed by atoms with E-state index in [1.54, 1.807) is 0 Å². The van der Waals surface area contributed by atoms with Gasteiger partial charge in [-0.05, 0) is 31.5 Å². The van der Waals surface area contributed by atoms with Gasteiger partial charge in [-0.15, -0.1) is 0 Å². The third-order valence-electron chi connectivity index (χ3n) is 3.43. The van der Waals surface area contributed by atoms with Gasteiger partial charge in [-0.3, -0.25) is 4.90 Å². The number of aromatic nitrogens is 1. The van der Waals surface area contributed by atoms with Gasteiger partial charge in [-0.1, -0.05) is 18.2 Å². The summed E-state index contributed by atoms with van der Waals surface area (Å²) in [6, 6.07) is 10.5. The fourth-order valence-corrected chi connectivity index (χ4v) is 2.73. The van der Waals surface area contributed by atoms with E-state index in [1.165, 1.54) is 11.1 Å². The predicted octanol–water partition coefficient (Wildman–Crippen LogP) is 3.19. The van der Waals surface area contributed by atoms with Crippen molar-refractivity contribution in [2.24, 2.45) is 0 Å². The van der Waals surface area contributed by atoms with Crippen LogP contribution >= 0.6 is 0 Å². The molecule has 1 aliphatic heterocycles. The van der Waals surface area contributed by atoms with Crippen molar-refractivity contribution >= 4 is 0 Å². The molecule has 2 heterocycles. The summed E-state index contributed by atoms with van der Waals surface area (Å²) in [5, 5.41) is 0. The topological polar surface area (TPSA) is 28.3 Å². The molecule has 1 aromatic heterocycles. The average Bonchev–Trinajstić information content (AvgIpc) is 2.78. The van der Waals surface area contributed by atoms with E-state index < -0.39 is 0 Å². The van der Waals surface area contributed by atoms with Crippen molar-refractivity contribution in [2.75, 3.05) is 6.54 Å². The van der Waals surface area contributed by atoms with Crippen molar-refractivity contribution in [1.82, 2.24) is 9.88 Å². The van der Waals surface area contributed by atoms with Gasteiger partial charge in [-0.2, -0.15) is 0 Å². The molecule has 0 atom stereocenters. The van der Waals surface area contributed by atoms with Crippen LogP contribution in [-0.2, 0) is 13.1 Å².